The predicted molar refractivity (Wildman–Crippen MR) is 145 cm³/mol. The van der Waals surface area contributed by atoms with Crippen molar-refractivity contribution < 1.29 is 4.74 Å². The highest BCUT2D eigenvalue weighted by atomic mass is 32.1. The maximum absolute atomic E-state index is 6.09. The molecular formula is C27H31N7OS. The van der Waals surface area contributed by atoms with E-state index >= 15 is 0 Å². The Morgan fingerprint density at radius 2 is 1.81 bits per heavy atom. The lowest BCUT2D eigenvalue weighted by molar-refractivity contribution is 0.312. The molecule has 1 N–H and O–H groups in total. The summed E-state index contributed by atoms with van der Waals surface area (Å²) in [6, 6.07) is 10.6. The summed E-state index contributed by atoms with van der Waals surface area (Å²) in [7, 11) is 2.16. The summed E-state index contributed by atoms with van der Waals surface area (Å²) in [6.07, 6.45) is 11.7. The number of benzene rings is 1. The van der Waals surface area contributed by atoms with Gasteiger partial charge in [-0.05, 0) is 44.2 Å². The van der Waals surface area contributed by atoms with Gasteiger partial charge in [-0.1, -0.05) is 30.6 Å². The van der Waals surface area contributed by atoms with E-state index in [-0.39, 0.29) is 0 Å². The number of ether oxygens (including phenoxy) is 1. The monoisotopic (exact) mass is 501 g/mol. The molecule has 186 valence electrons. The molecule has 0 spiro atoms. The minimum Gasteiger partial charge on any atom is -0.437 e. The number of pyridine rings is 1. The van der Waals surface area contributed by atoms with Gasteiger partial charge in [-0.25, -0.2) is 15.0 Å². The molecule has 36 heavy (non-hydrogen) atoms. The van der Waals surface area contributed by atoms with Gasteiger partial charge in [-0.3, -0.25) is 4.98 Å². The third-order valence-corrected chi connectivity index (χ3v) is 7.95. The van der Waals surface area contributed by atoms with E-state index in [1.807, 2.05) is 24.4 Å². The molecule has 0 bridgehead atoms. The Kier molecular flexibility index (Phi) is 6.65. The number of likely N-dealkylation sites (N-methyl/N-ethyl adjacent to an activating group) is 1. The highest BCUT2D eigenvalue weighted by molar-refractivity contribution is 7.22. The molecule has 0 unspecified atom stereocenters. The van der Waals surface area contributed by atoms with Crippen LogP contribution in [-0.4, -0.2) is 64.1 Å². The summed E-state index contributed by atoms with van der Waals surface area (Å²) < 4.78 is 7.18. The Morgan fingerprint density at radius 1 is 0.944 bits per heavy atom. The van der Waals surface area contributed by atoms with Gasteiger partial charge in [-0.15, -0.1) is 0 Å². The fourth-order valence-electron chi connectivity index (χ4n) is 4.87. The highest BCUT2D eigenvalue weighted by Crippen LogP contribution is 2.33. The number of thiazole rings is 1. The largest absolute Gasteiger partial charge is 0.437 e. The Hall–Kier alpha value is -3.30. The second-order valence-electron chi connectivity index (χ2n) is 9.67. The standard InChI is InChI=1S/C27H31N7OS/c1-33-11-13-34(14-12-33)25-10-7-19(16-29-25)23-17-28-18-26(31-23)35-21-8-9-22-24(15-21)36-27(32-22)30-20-5-3-2-4-6-20/h7-10,15-18,20H,2-6,11-14H2,1H3,(H,30,32). The van der Waals surface area contributed by atoms with E-state index in [0.29, 0.717) is 11.9 Å². The van der Waals surface area contributed by atoms with Crippen LogP contribution in [0.25, 0.3) is 21.5 Å². The minimum absolute atomic E-state index is 0.458. The first kappa shape index (κ1) is 23.1. The lowest BCUT2D eigenvalue weighted by Gasteiger charge is -2.33. The lowest BCUT2D eigenvalue weighted by Crippen LogP contribution is -2.44. The summed E-state index contributed by atoms with van der Waals surface area (Å²) in [6.45, 7) is 4.10. The molecule has 0 atom stereocenters. The third kappa shape index (κ3) is 5.27. The fraction of sp³-hybridized carbons (Fsp3) is 0.407. The van der Waals surface area contributed by atoms with E-state index in [4.69, 9.17) is 9.72 Å². The number of hydrogen-bond donors (Lipinski definition) is 1. The minimum atomic E-state index is 0.458. The second kappa shape index (κ2) is 10.4. The summed E-state index contributed by atoms with van der Waals surface area (Å²) in [5.41, 5.74) is 2.64. The molecule has 0 amide bonds. The van der Waals surface area contributed by atoms with Crippen molar-refractivity contribution in [2.45, 2.75) is 38.1 Å². The van der Waals surface area contributed by atoms with Crippen molar-refractivity contribution >= 4 is 32.5 Å². The molecule has 1 aliphatic carbocycles. The molecule has 1 saturated heterocycles. The van der Waals surface area contributed by atoms with Crippen LogP contribution < -0.4 is 15.0 Å². The fourth-order valence-corrected chi connectivity index (χ4v) is 5.84. The Labute approximate surface area is 215 Å². The van der Waals surface area contributed by atoms with Crippen molar-refractivity contribution in [3.8, 4) is 22.9 Å². The number of fused-ring (bicyclic) bond motifs is 1. The number of nitrogens with one attached hydrogen (secondary N) is 1. The zero-order valence-corrected chi connectivity index (χ0v) is 21.4. The molecule has 1 aromatic carbocycles. The van der Waals surface area contributed by atoms with Gasteiger partial charge in [-0.2, -0.15) is 0 Å². The molecule has 2 fully saturated rings. The molecule has 6 rings (SSSR count). The first-order valence-corrected chi connectivity index (χ1v) is 13.6. The molecule has 4 heterocycles. The quantitative estimate of drug-likeness (QED) is 0.374. The zero-order chi connectivity index (χ0) is 24.3. The molecule has 2 aliphatic rings. The van der Waals surface area contributed by atoms with Crippen molar-refractivity contribution in [3.63, 3.8) is 0 Å². The number of aromatic nitrogens is 4. The summed E-state index contributed by atoms with van der Waals surface area (Å²) >= 11 is 1.68. The zero-order valence-electron chi connectivity index (χ0n) is 20.6. The number of hydrogen-bond acceptors (Lipinski definition) is 9. The van der Waals surface area contributed by atoms with Gasteiger partial charge in [0.2, 0.25) is 5.88 Å². The van der Waals surface area contributed by atoms with Gasteiger partial charge in [0.05, 0.1) is 28.3 Å². The summed E-state index contributed by atoms with van der Waals surface area (Å²) in [4.78, 5) is 23.1. The normalized spacial score (nSPS) is 17.4. The summed E-state index contributed by atoms with van der Waals surface area (Å²) in [5.74, 6) is 2.19. The second-order valence-corrected chi connectivity index (χ2v) is 10.7. The van der Waals surface area contributed by atoms with Gasteiger partial charge in [0, 0.05) is 50.0 Å². The smallest absolute Gasteiger partial charge is 0.238 e. The molecule has 8 nitrogen and oxygen atoms in total. The van der Waals surface area contributed by atoms with Gasteiger partial charge < -0.3 is 19.9 Å². The van der Waals surface area contributed by atoms with Gasteiger partial charge >= 0.3 is 0 Å². The maximum Gasteiger partial charge on any atom is 0.238 e. The Morgan fingerprint density at radius 3 is 2.61 bits per heavy atom. The van der Waals surface area contributed by atoms with E-state index in [2.05, 4.69) is 49.2 Å². The van der Waals surface area contributed by atoms with Crippen LogP contribution >= 0.6 is 11.3 Å². The highest BCUT2D eigenvalue weighted by Gasteiger charge is 2.17. The SMILES string of the molecule is CN1CCN(c2ccc(-c3cncc(Oc4ccc5nc(NC6CCCCC6)sc5c4)n3)cn2)CC1. The molecule has 1 aliphatic heterocycles. The van der Waals surface area contributed by atoms with Crippen LogP contribution in [0.2, 0.25) is 0 Å². The Bertz CT molecular complexity index is 1310. The maximum atomic E-state index is 6.09. The molecule has 4 aromatic rings. The molecule has 0 radical (unpaired) electrons. The van der Waals surface area contributed by atoms with Crippen LogP contribution in [0.4, 0.5) is 10.9 Å². The lowest BCUT2D eigenvalue weighted by atomic mass is 9.96. The van der Waals surface area contributed by atoms with Crippen LogP contribution in [0.5, 0.6) is 11.6 Å². The van der Waals surface area contributed by atoms with Gasteiger partial charge in [0.25, 0.3) is 0 Å². The number of anilines is 2. The number of rotatable bonds is 6. The molecule has 9 heteroatoms. The van der Waals surface area contributed by atoms with E-state index in [0.717, 1.165) is 64.4 Å². The van der Waals surface area contributed by atoms with Crippen molar-refractivity contribution in [1.29, 1.82) is 0 Å². The van der Waals surface area contributed by atoms with Crippen molar-refractivity contribution in [1.82, 2.24) is 24.8 Å². The van der Waals surface area contributed by atoms with Crippen LogP contribution in [0.15, 0.2) is 48.9 Å². The van der Waals surface area contributed by atoms with Crippen molar-refractivity contribution in [3.05, 3.63) is 48.9 Å². The third-order valence-electron chi connectivity index (χ3n) is 7.00. The van der Waals surface area contributed by atoms with Crippen LogP contribution in [-0.2, 0) is 0 Å². The first-order valence-electron chi connectivity index (χ1n) is 12.8. The van der Waals surface area contributed by atoms with Crippen LogP contribution in [0, 0.1) is 0 Å². The topological polar surface area (TPSA) is 79.3 Å². The van der Waals surface area contributed by atoms with Gasteiger partial charge in [0.15, 0.2) is 5.13 Å². The average molecular weight is 502 g/mol. The predicted octanol–water partition coefficient (Wildman–Crippen LogP) is 5.44. The molecule has 3 aromatic heterocycles. The number of nitrogens with zero attached hydrogens (tertiary/aromatic N) is 6. The van der Waals surface area contributed by atoms with Crippen molar-refractivity contribution in [2.75, 3.05) is 43.4 Å². The number of piperazine rings is 1. The van der Waals surface area contributed by atoms with Crippen molar-refractivity contribution in [2.24, 2.45) is 0 Å². The molecule has 1 saturated carbocycles. The van der Waals surface area contributed by atoms with Crippen LogP contribution in [0.1, 0.15) is 32.1 Å². The van der Waals surface area contributed by atoms with E-state index in [9.17, 15) is 0 Å². The van der Waals surface area contributed by atoms with E-state index < -0.39 is 0 Å². The van der Waals surface area contributed by atoms with E-state index in [1.165, 1.54) is 32.1 Å². The van der Waals surface area contributed by atoms with E-state index in [1.54, 1.807) is 23.7 Å². The van der Waals surface area contributed by atoms with Gasteiger partial charge in [0.1, 0.15) is 11.6 Å². The van der Waals surface area contributed by atoms with Crippen LogP contribution in [0.3, 0.4) is 0 Å². The Balaban J connectivity index is 1.14. The summed E-state index contributed by atoms with van der Waals surface area (Å²) in [5, 5.41) is 4.61. The molecular weight excluding hydrogens is 470 g/mol. The first-order chi connectivity index (χ1) is 17.7. The average Bonchev–Trinajstić information content (AvgIpc) is 3.31.